The predicted molar refractivity (Wildman–Crippen MR) is 137 cm³/mol. The van der Waals surface area contributed by atoms with Gasteiger partial charge in [-0.3, -0.25) is 9.48 Å². The first-order chi connectivity index (χ1) is 18.7. The van der Waals surface area contributed by atoms with Crippen molar-refractivity contribution in [3.8, 4) is 22.5 Å². The van der Waals surface area contributed by atoms with E-state index in [1.165, 1.54) is 39.4 Å². The molecule has 1 aliphatic rings. The Hall–Kier alpha value is -4.56. The second-order valence-electron chi connectivity index (χ2n) is 8.97. The van der Waals surface area contributed by atoms with Crippen LogP contribution >= 0.6 is 0 Å². The number of nitrogens with one attached hydrogen (secondary N) is 1. The van der Waals surface area contributed by atoms with Gasteiger partial charge in [-0.15, -0.1) is 0 Å². The van der Waals surface area contributed by atoms with Gasteiger partial charge < -0.3 is 5.32 Å². The lowest BCUT2D eigenvalue weighted by atomic mass is 10.0. The SMILES string of the molecule is CS(=O)(=O)N1CCn2nc(-c3ccc(F)cc3)c(-c3ccc4nc(NC(=O)c5ccnc(F)c5)cn4n3)c2C1. The van der Waals surface area contributed by atoms with Gasteiger partial charge in [-0.05, 0) is 42.5 Å². The predicted octanol–water partition coefficient (Wildman–Crippen LogP) is 2.96. The summed E-state index contributed by atoms with van der Waals surface area (Å²) in [5.74, 6) is -1.54. The fourth-order valence-corrected chi connectivity index (χ4v) is 5.23. The fourth-order valence-electron chi connectivity index (χ4n) is 4.46. The normalized spacial score (nSPS) is 13.9. The molecule has 0 atom stereocenters. The van der Waals surface area contributed by atoms with Crippen LogP contribution in [0.25, 0.3) is 28.2 Å². The number of aromatic nitrogens is 6. The smallest absolute Gasteiger partial charge is 0.257 e. The van der Waals surface area contributed by atoms with Gasteiger partial charge >= 0.3 is 0 Å². The molecule has 6 rings (SSSR count). The van der Waals surface area contributed by atoms with Crippen LogP contribution in [0.15, 0.2) is 60.9 Å². The first-order valence-corrected chi connectivity index (χ1v) is 13.6. The van der Waals surface area contributed by atoms with Crippen molar-refractivity contribution in [3.05, 3.63) is 83.9 Å². The topological polar surface area (TPSA) is 127 Å². The molecule has 11 nitrogen and oxygen atoms in total. The van der Waals surface area contributed by atoms with E-state index in [2.05, 4.69) is 20.4 Å². The van der Waals surface area contributed by atoms with E-state index in [4.69, 9.17) is 5.10 Å². The van der Waals surface area contributed by atoms with Crippen molar-refractivity contribution in [1.29, 1.82) is 0 Å². The van der Waals surface area contributed by atoms with Gasteiger partial charge in [-0.25, -0.2) is 27.3 Å². The highest BCUT2D eigenvalue weighted by Crippen LogP contribution is 2.36. The molecular weight excluding hydrogens is 530 g/mol. The number of anilines is 1. The quantitative estimate of drug-likeness (QED) is 0.333. The molecule has 1 aromatic carbocycles. The van der Waals surface area contributed by atoms with Crippen LogP contribution in [-0.2, 0) is 23.1 Å². The molecule has 198 valence electrons. The number of nitrogens with zero attached hydrogens (tertiary/aromatic N) is 7. The number of rotatable bonds is 5. The number of benzene rings is 1. The standard InChI is InChI=1S/C25H20F2N8O3S/c1-39(37,38)33-10-11-34-19(13-33)23(24(32-34)15-2-4-17(26)5-3-15)18-6-7-22-29-21(14-35(22)31-18)30-25(36)16-8-9-28-20(27)12-16/h2-9,12,14H,10-11,13H2,1H3,(H,30,36). The number of pyridine rings is 1. The number of sulfonamides is 1. The summed E-state index contributed by atoms with van der Waals surface area (Å²) in [6.45, 7) is 0.708. The minimum absolute atomic E-state index is 0.0825. The van der Waals surface area contributed by atoms with Gasteiger partial charge in [-0.2, -0.15) is 18.9 Å². The van der Waals surface area contributed by atoms with Crippen molar-refractivity contribution >= 4 is 27.4 Å². The van der Waals surface area contributed by atoms with Crippen molar-refractivity contribution in [2.75, 3.05) is 18.1 Å². The van der Waals surface area contributed by atoms with Gasteiger partial charge in [0.1, 0.15) is 11.5 Å². The van der Waals surface area contributed by atoms with E-state index in [1.54, 1.807) is 28.9 Å². The van der Waals surface area contributed by atoms with E-state index in [-0.39, 0.29) is 24.5 Å². The van der Waals surface area contributed by atoms with Gasteiger partial charge in [0.2, 0.25) is 16.0 Å². The monoisotopic (exact) mass is 550 g/mol. The second-order valence-corrected chi connectivity index (χ2v) is 10.9. The number of amides is 1. The number of carbonyl (C=O) groups excluding carboxylic acids is 1. The van der Waals surface area contributed by atoms with Crippen LogP contribution < -0.4 is 5.32 Å². The summed E-state index contributed by atoms with van der Waals surface area (Å²) in [4.78, 5) is 20.3. The van der Waals surface area contributed by atoms with Crippen molar-refractivity contribution in [2.45, 2.75) is 13.1 Å². The lowest BCUT2D eigenvalue weighted by Crippen LogP contribution is -2.37. The Morgan fingerprint density at radius 3 is 2.56 bits per heavy atom. The number of halogens is 2. The Morgan fingerprint density at radius 2 is 1.82 bits per heavy atom. The summed E-state index contributed by atoms with van der Waals surface area (Å²) in [6, 6.07) is 11.7. The second kappa shape index (κ2) is 9.32. The van der Waals surface area contributed by atoms with E-state index in [0.29, 0.717) is 40.4 Å². The van der Waals surface area contributed by atoms with Crippen molar-refractivity contribution in [1.82, 2.24) is 33.7 Å². The molecule has 1 amide bonds. The molecule has 0 fully saturated rings. The average Bonchev–Trinajstić information content (AvgIpc) is 3.48. The van der Waals surface area contributed by atoms with Crippen molar-refractivity contribution < 1.29 is 22.0 Å². The third-order valence-corrected chi connectivity index (χ3v) is 7.59. The molecule has 0 bridgehead atoms. The average molecular weight is 551 g/mol. The van der Waals surface area contributed by atoms with Gasteiger partial charge in [0, 0.05) is 29.9 Å². The summed E-state index contributed by atoms with van der Waals surface area (Å²) < 4.78 is 56.3. The molecule has 0 unspecified atom stereocenters. The highest BCUT2D eigenvalue weighted by Gasteiger charge is 2.30. The fraction of sp³-hybridized carbons (Fsp3) is 0.160. The van der Waals surface area contributed by atoms with E-state index in [9.17, 15) is 22.0 Å². The summed E-state index contributed by atoms with van der Waals surface area (Å²) >= 11 is 0. The Bertz CT molecular complexity index is 1850. The first-order valence-electron chi connectivity index (χ1n) is 11.8. The maximum Gasteiger partial charge on any atom is 0.257 e. The third kappa shape index (κ3) is 4.75. The van der Waals surface area contributed by atoms with Gasteiger partial charge in [-0.1, -0.05) is 0 Å². The van der Waals surface area contributed by atoms with E-state index >= 15 is 0 Å². The summed E-state index contributed by atoms with van der Waals surface area (Å²) in [5, 5.41) is 12.0. The number of hydrogen-bond donors (Lipinski definition) is 1. The third-order valence-electron chi connectivity index (χ3n) is 6.34. The molecule has 4 aromatic heterocycles. The van der Waals surface area contributed by atoms with Gasteiger partial charge in [0.05, 0.1) is 42.5 Å². The summed E-state index contributed by atoms with van der Waals surface area (Å²) in [5.41, 5.74) is 3.40. The molecule has 0 spiro atoms. The molecular formula is C25H20F2N8O3S. The minimum atomic E-state index is -3.46. The van der Waals surface area contributed by atoms with Crippen LogP contribution in [0, 0.1) is 11.8 Å². The van der Waals surface area contributed by atoms with Crippen LogP contribution in [-0.4, -0.2) is 60.8 Å². The molecule has 5 aromatic rings. The first kappa shape index (κ1) is 24.8. The van der Waals surface area contributed by atoms with Gasteiger partial charge in [0.25, 0.3) is 5.91 Å². The zero-order chi connectivity index (χ0) is 27.3. The van der Waals surface area contributed by atoms with Crippen LogP contribution in [0.3, 0.4) is 0 Å². The number of carbonyl (C=O) groups is 1. The largest absolute Gasteiger partial charge is 0.305 e. The number of fused-ring (bicyclic) bond motifs is 2. The summed E-state index contributed by atoms with van der Waals surface area (Å²) in [7, 11) is -3.46. The molecule has 1 aliphatic heterocycles. The molecule has 0 saturated heterocycles. The Kier molecular flexibility index (Phi) is 5.92. The Labute approximate surface area is 220 Å². The van der Waals surface area contributed by atoms with Crippen LogP contribution in [0.2, 0.25) is 0 Å². The molecule has 5 heterocycles. The maximum atomic E-state index is 13.7. The van der Waals surface area contributed by atoms with E-state index < -0.39 is 27.7 Å². The van der Waals surface area contributed by atoms with Crippen LogP contribution in [0.1, 0.15) is 16.1 Å². The van der Waals surface area contributed by atoms with Gasteiger partial charge in [0.15, 0.2) is 11.5 Å². The molecule has 0 aliphatic carbocycles. The Balaban J connectivity index is 1.42. The zero-order valence-electron chi connectivity index (χ0n) is 20.4. The van der Waals surface area contributed by atoms with E-state index in [1.807, 2.05) is 0 Å². The van der Waals surface area contributed by atoms with Crippen molar-refractivity contribution in [3.63, 3.8) is 0 Å². The molecule has 1 N–H and O–H groups in total. The van der Waals surface area contributed by atoms with Crippen LogP contribution in [0.4, 0.5) is 14.6 Å². The molecule has 14 heteroatoms. The lowest BCUT2D eigenvalue weighted by molar-refractivity contribution is 0.102. The lowest BCUT2D eigenvalue weighted by Gasteiger charge is -2.26. The molecule has 39 heavy (non-hydrogen) atoms. The highest BCUT2D eigenvalue weighted by molar-refractivity contribution is 7.88. The van der Waals surface area contributed by atoms with Crippen LogP contribution in [0.5, 0.6) is 0 Å². The van der Waals surface area contributed by atoms with E-state index in [0.717, 1.165) is 12.3 Å². The number of hydrogen-bond acceptors (Lipinski definition) is 7. The summed E-state index contributed by atoms with van der Waals surface area (Å²) in [6.07, 6.45) is 3.86. The minimum Gasteiger partial charge on any atom is -0.305 e. The molecule has 0 radical (unpaired) electrons. The maximum absolute atomic E-state index is 13.7. The number of imidazole rings is 1. The zero-order valence-corrected chi connectivity index (χ0v) is 21.2. The van der Waals surface area contributed by atoms with Crippen molar-refractivity contribution in [2.24, 2.45) is 0 Å². The molecule has 0 saturated carbocycles. The highest BCUT2D eigenvalue weighted by atomic mass is 32.2. The Morgan fingerprint density at radius 1 is 1.03 bits per heavy atom.